The van der Waals surface area contributed by atoms with Gasteiger partial charge in [-0.1, -0.05) is 19.9 Å². The van der Waals surface area contributed by atoms with Gasteiger partial charge >= 0.3 is 0 Å². The molecule has 0 unspecified atom stereocenters. The van der Waals surface area contributed by atoms with Crippen LogP contribution in [0, 0.1) is 36.1 Å². The van der Waals surface area contributed by atoms with E-state index in [-0.39, 0.29) is 25.0 Å². The van der Waals surface area contributed by atoms with E-state index in [1.54, 1.807) is 6.92 Å². The van der Waals surface area contributed by atoms with Gasteiger partial charge in [0, 0.05) is 11.6 Å². The SMILES string of the molecule is Cc1c(OCCCCOc2c(F)c(F)cc(F)c2F)ccc(CCC(C)C)c1O. The molecule has 0 amide bonds. The summed E-state index contributed by atoms with van der Waals surface area (Å²) in [4.78, 5) is 0. The number of benzene rings is 2. The highest BCUT2D eigenvalue weighted by Gasteiger charge is 2.20. The van der Waals surface area contributed by atoms with Crippen molar-refractivity contribution in [2.75, 3.05) is 13.2 Å². The van der Waals surface area contributed by atoms with Gasteiger partial charge in [-0.3, -0.25) is 0 Å². The highest BCUT2D eigenvalue weighted by Crippen LogP contribution is 2.32. The van der Waals surface area contributed by atoms with Crippen molar-refractivity contribution >= 4 is 0 Å². The number of halogens is 4. The van der Waals surface area contributed by atoms with Gasteiger partial charge in [0.05, 0.1) is 13.2 Å². The van der Waals surface area contributed by atoms with Gasteiger partial charge in [0.2, 0.25) is 11.6 Å². The van der Waals surface area contributed by atoms with E-state index in [1.165, 1.54) is 0 Å². The summed E-state index contributed by atoms with van der Waals surface area (Å²) in [5.41, 5.74) is 1.53. The lowest BCUT2D eigenvalue weighted by Gasteiger charge is -2.14. The van der Waals surface area contributed by atoms with Crippen LogP contribution in [0.3, 0.4) is 0 Å². The van der Waals surface area contributed by atoms with Gasteiger partial charge in [0.15, 0.2) is 17.4 Å². The molecule has 1 N–H and O–H groups in total. The van der Waals surface area contributed by atoms with E-state index in [9.17, 15) is 22.7 Å². The molecule has 0 aliphatic heterocycles. The number of aromatic hydroxyl groups is 1. The molecule has 0 saturated heterocycles. The number of aryl methyl sites for hydroxylation is 1. The molecule has 0 heterocycles. The average molecular weight is 414 g/mol. The molecule has 2 aromatic rings. The molecule has 0 fully saturated rings. The Bertz CT molecular complexity index is 811. The summed E-state index contributed by atoms with van der Waals surface area (Å²) in [5.74, 6) is -5.84. The Morgan fingerprint density at radius 3 is 2.10 bits per heavy atom. The first kappa shape index (κ1) is 22.8. The lowest BCUT2D eigenvalue weighted by atomic mass is 10.00. The van der Waals surface area contributed by atoms with Crippen LogP contribution in [0.2, 0.25) is 0 Å². The van der Waals surface area contributed by atoms with E-state index >= 15 is 0 Å². The Morgan fingerprint density at radius 2 is 1.52 bits per heavy atom. The molecule has 7 heteroatoms. The van der Waals surface area contributed by atoms with E-state index in [0.29, 0.717) is 30.1 Å². The molecule has 0 radical (unpaired) electrons. The lowest BCUT2D eigenvalue weighted by molar-refractivity contribution is 0.244. The van der Waals surface area contributed by atoms with E-state index in [2.05, 4.69) is 13.8 Å². The first-order chi connectivity index (χ1) is 13.7. The van der Waals surface area contributed by atoms with Gasteiger partial charge in [0.25, 0.3) is 0 Å². The molecule has 0 spiro atoms. The molecule has 0 aliphatic rings. The van der Waals surface area contributed by atoms with Crippen LogP contribution >= 0.6 is 0 Å². The van der Waals surface area contributed by atoms with Gasteiger partial charge in [-0.05, 0) is 50.2 Å². The highest BCUT2D eigenvalue weighted by atomic mass is 19.2. The van der Waals surface area contributed by atoms with Gasteiger partial charge in [-0.2, -0.15) is 8.78 Å². The number of hydrogen-bond acceptors (Lipinski definition) is 3. The van der Waals surface area contributed by atoms with E-state index in [0.717, 1.165) is 18.4 Å². The molecule has 0 bridgehead atoms. The summed E-state index contributed by atoms with van der Waals surface area (Å²) in [6.45, 7) is 6.18. The minimum Gasteiger partial charge on any atom is -0.507 e. The molecule has 2 aromatic carbocycles. The van der Waals surface area contributed by atoms with E-state index in [4.69, 9.17) is 9.47 Å². The second-order valence-electron chi connectivity index (χ2n) is 7.33. The maximum atomic E-state index is 13.5. The second kappa shape index (κ2) is 10.4. The molecule has 160 valence electrons. The molecule has 3 nitrogen and oxygen atoms in total. The third-order valence-corrected chi connectivity index (χ3v) is 4.57. The third kappa shape index (κ3) is 6.02. The largest absolute Gasteiger partial charge is 0.507 e. The van der Waals surface area contributed by atoms with Crippen LogP contribution in [0.5, 0.6) is 17.2 Å². The highest BCUT2D eigenvalue weighted by molar-refractivity contribution is 5.48. The van der Waals surface area contributed by atoms with Crippen LogP contribution in [0.15, 0.2) is 18.2 Å². The zero-order chi connectivity index (χ0) is 21.6. The Hall–Kier alpha value is -2.44. The van der Waals surface area contributed by atoms with Crippen molar-refractivity contribution in [3.63, 3.8) is 0 Å². The molecule has 0 atom stereocenters. The Kier molecular flexibility index (Phi) is 8.17. The molecule has 0 aliphatic carbocycles. The summed E-state index contributed by atoms with van der Waals surface area (Å²) in [6, 6.07) is 3.78. The van der Waals surface area contributed by atoms with Crippen LogP contribution in [0.25, 0.3) is 0 Å². The van der Waals surface area contributed by atoms with Crippen LogP contribution in [-0.4, -0.2) is 18.3 Å². The average Bonchev–Trinajstić information content (AvgIpc) is 2.67. The minimum atomic E-state index is -1.55. The topological polar surface area (TPSA) is 38.7 Å². The zero-order valence-electron chi connectivity index (χ0n) is 16.8. The Morgan fingerprint density at radius 1 is 0.931 bits per heavy atom. The maximum absolute atomic E-state index is 13.5. The quantitative estimate of drug-likeness (QED) is 0.291. The molecule has 0 aromatic heterocycles. The predicted octanol–water partition coefficient (Wildman–Crippen LogP) is 6.08. The van der Waals surface area contributed by atoms with Gasteiger partial charge in [0.1, 0.15) is 11.5 Å². The van der Waals surface area contributed by atoms with Crippen molar-refractivity contribution in [1.82, 2.24) is 0 Å². The van der Waals surface area contributed by atoms with Crippen molar-refractivity contribution in [2.45, 2.75) is 46.5 Å². The van der Waals surface area contributed by atoms with Crippen LogP contribution in [0.4, 0.5) is 17.6 Å². The first-order valence-corrected chi connectivity index (χ1v) is 9.62. The summed E-state index contributed by atoms with van der Waals surface area (Å²) in [7, 11) is 0. The van der Waals surface area contributed by atoms with E-state index in [1.807, 2.05) is 12.1 Å². The van der Waals surface area contributed by atoms with Crippen molar-refractivity contribution < 1.29 is 32.1 Å². The van der Waals surface area contributed by atoms with Crippen molar-refractivity contribution in [3.05, 3.63) is 52.6 Å². The van der Waals surface area contributed by atoms with Crippen molar-refractivity contribution in [3.8, 4) is 17.2 Å². The number of phenolic OH excluding ortho intramolecular Hbond substituents is 1. The maximum Gasteiger partial charge on any atom is 0.203 e. The Balaban J connectivity index is 1.81. The van der Waals surface area contributed by atoms with Gasteiger partial charge < -0.3 is 14.6 Å². The molecule has 2 rings (SSSR count). The lowest BCUT2D eigenvalue weighted by Crippen LogP contribution is -2.07. The molecular weight excluding hydrogens is 388 g/mol. The van der Waals surface area contributed by atoms with Crippen molar-refractivity contribution in [1.29, 1.82) is 0 Å². The fourth-order valence-electron chi connectivity index (χ4n) is 2.78. The van der Waals surface area contributed by atoms with Crippen molar-refractivity contribution in [2.24, 2.45) is 5.92 Å². The monoisotopic (exact) mass is 414 g/mol. The number of ether oxygens (including phenoxy) is 2. The third-order valence-electron chi connectivity index (χ3n) is 4.57. The number of unbranched alkanes of at least 4 members (excludes halogenated alkanes) is 1. The molecular formula is C22H26F4O3. The fraction of sp³-hybridized carbons (Fsp3) is 0.455. The second-order valence-corrected chi connectivity index (χ2v) is 7.33. The van der Waals surface area contributed by atoms with Crippen LogP contribution in [0.1, 0.15) is 44.2 Å². The molecule has 0 saturated carbocycles. The summed E-state index contributed by atoms with van der Waals surface area (Å²) in [6.07, 6.45) is 2.60. The zero-order valence-corrected chi connectivity index (χ0v) is 16.8. The van der Waals surface area contributed by atoms with Crippen LogP contribution < -0.4 is 9.47 Å². The number of phenols is 1. The summed E-state index contributed by atoms with van der Waals surface area (Å²) in [5, 5.41) is 10.3. The Labute approximate surface area is 168 Å². The fourth-order valence-corrected chi connectivity index (χ4v) is 2.78. The van der Waals surface area contributed by atoms with Gasteiger partial charge in [-0.15, -0.1) is 0 Å². The normalized spacial score (nSPS) is 11.2. The van der Waals surface area contributed by atoms with E-state index < -0.39 is 29.0 Å². The predicted molar refractivity (Wildman–Crippen MR) is 103 cm³/mol. The standard InChI is InChI=1S/C22H26F4O3/c1-13(2)6-7-15-8-9-18(14(3)21(15)27)28-10-4-5-11-29-22-19(25)16(23)12-17(24)20(22)26/h8-9,12-13,27H,4-7,10-11H2,1-3H3. The number of hydrogen-bond donors (Lipinski definition) is 1. The van der Waals surface area contributed by atoms with Crippen LogP contribution in [-0.2, 0) is 6.42 Å². The molecule has 29 heavy (non-hydrogen) atoms. The number of rotatable bonds is 10. The minimum absolute atomic E-state index is 0.127. The summed E-state index contributed by atoms with van der Waals surface area (Å²) >= 11 is 0. The van der Waals surface area contributed by atoms with Gasteiger partial charge in [-0.25, -0.2) is 8.78 Å². The first-order valence-electron chi connectivity index (χ1n) is 9.62. The summed E-state index contributed by atoms with van der Waals surface area (Å²) < 4.78 is 63.8. The smallest absolute Gasteiger partial charge is 0.203 e.